The Morgan fingerprint density at radius 1 is 0.743 bits per heavy atom. The van der Waals surface area contributed by atoms with Crippen molar-refractivity contribution in [3.05, 3.63) is 82.4 Å². The lowest BCUT2D eigenvalue weighted by Gasteiger charge is -2.37. The number of ether oxygens (including phenoxy) is 4. The second-order valence-electron chi connectivity index (χ2n) is 8.86. The molecular weight excluding hydrogens is 444 g/mol. The summed E-state index contributed by atoms with van der Waals surface area (Å²) in [5, 5.41) is 10.6. The second kappa shape index (κ2) is 10.7. The number of hydrogen-bond donors (Lipinski definition) is 1. The highest BCUT2D eigenvalue weighted by atomic mass is 16.5. The van der Waals surface area contributed by atoms with Crippen molar-refractivity contribution in [2.75, 3.05) is 28.4 Å². The van der Waals surface area contributed by atoms with E-state index in [0.29, 0.717) is 17.9 Å². The van der Waals surface area contributed by atoms with Crippen LogP contribution >= 0.6 is 0 Å². The van der Waals surface area contributed by atoms with Crippen LogP contribution in [0.1, 0.15) is 34.7 Å². The summed E-state index contributed by atoms with van der Waals surface area (Å²) in [6.07, 6.45) is 0.294. The lowest BCUT2D eigenvalue weighted by molar-refractivity contribution is -0.143. The van der Waals surface area contributed by atoms with Gasteiger partial charge in [-0.15, -0.1) is 0 Å². The summed E-state index contributed by atoms with van der Waals surface area (Å²) in [7, 11) is 6.41. The maximum absolute atomic E-state index is 12.9. The molecule has 1 atom stereocenters. The van der Waals surface area contributed by atoms with Crippen molar-refractivity contribution in [1.82, 2.24) is 0 Å². The average molecular weight is 479 g/mol. The fourth-order valence-corrected chi connectivity index (χ4v) is 4.75. The van der Waals surface area contributed by atoms with Crippen LogP contribution in [0.25, 0.3) is 0 Å². The van der Waals surface area contributed by atoms with Crippen LogP contribution in [-0.4, -0.2) is 39.5 Å². The number of hydrogen-bond acceptors (Lipinski definition) is 5. The van der Waals surface area contributed by atoms with Gasteiger partial charge in [0.15, 0.2) is 11.5 Å². The fourth-order valence-electron chi connectivity index (χ4n) is 4.75. The van der Waals surface area contributed by atoms with Gasteiger partial charge in [0.1, 0.15) is 11.5 Å². The van der Waals surface area contributed by atoms with Gasteiger partial charge in [0.25, 0.3) is 0 Å². The Balaban J connectivity index is 2.21. The molecule has 35 heavy (non-hydrogen) atoms. The van der Waals surface area contributed by atoms with Crippen molar-refractivity contribution < 1.29 is 28.8 Å². The summed E-state index contributed by atoms with van der Waals surface area (Å²) in [5.41, 5.74) is 3.67. The molecule has 3 rings (SSSR count). The third-order valence-corrected chi connectivity index (χ3v) is 6.87. The van der Waals surface area contributed by atoms with Crippen molar-refractivity contribution in [2.45, 2.75) is 32.6 Å². The van der Waals surface area contributed by atoms with Gasteiger partial charge in [0.05, 0.1) is 34.4 Å². The Morgan fingerprint density at radius 3 is 1.60 bits per heavy atom. The number of carboxylic acid groups (broad SMARTS) is 1. The predicted octanol–water partition coefficient (Wildman–Crippen LogP) is 5.59. The van der Waals surface area contributed by atoms with Crippen LogP contribution < -0.4 is 18.9 Å². The van der Waals surface area contributed by atoms with Crippen molar-refractivity contribution in [2.24, 2.45) is 5.92 Å². The molecule has 0 spiro atoms. The Labute approximate surface area is 207 Å². The van der Waals surface area contributed by atoms with E-state index >= 15 is 0 Å². The minimum absolute atomic E-state index is 0.294. The molecule has 0 aliphatic carbocycles. The summed E-state index contributed by atoms with van der Waals surface area (Å²) >= 11 is 0. The molecular formula is C29H34O6. The third-order valence-electron chi connectivity index (χ3n) is 6.87. The maximum atomic E-state index is 12.9. The zero-order valence-corrected chi connectivity index (χ0v) is 21.5. The van der Waals surface area contributed by atoms with Crippen LogP contribution in [-0.2, 0) is 16.6 Å². The van der Waals surface area contributed by atoms with Gasteiger partial charge >= 0.3 is 5.97 Å². The molecule has 6 nitrogen and oxygen atoms in total. The third kappa shape index (κ3) is 5.06. The van der Waals surface area contributed by atoms with Gasteiger partial charge in [-0.05, 0) is 72.4 Å². The number of aliphatic carboxylic acids is 1. The second-order valence-corrected chi connectivity index (χ2v) is 8.86. The highest BCUT2D eigenvalue weighted by Gasteiger charge is 2.43. The highest BCUT2D eigenvalue weighted by molar-refractivity contribution is 5.75. The Bertz CT molecular complexity index is 1150. The lowest BCUT2D eigenvalue weighted by Crippen LogP contribution is -2.40. The van der Waals surface area contributed by atoms with Crippen molar-refractivity contribution in [3.63, 3.8) is 0 Å². The summed E-state index contributed by atoms with van der Waals surface area (Å²) in [5.74, 6) is 1.02. The van der Waals surface area contributed by atoms with E-state index in [4.69, 9.17) is 18.9 Å². The summed E-state index contributed by atoms with van der Waals surface area (Å²) in [6.45, 7) is 5.92. The largest absolute Gasteiger partial charge is 0.496 e. The van der Waals surface area contributed by atoms with Crippen LogP contribution in [0.15, 0.2) is 54.6 Å². The monoisotopic (exact) mass is 478 g/mol. The first-order valence-corrected chi connectivity index (χ1v) is 11.4. The van der Waals surface area contributed by atoms with Crippen LogP contribution in [0, 0.1) is 19.8 Å². The van der Waals surface area contributed by atoms with Crippen LogP contribution in [0.2, 0.25) is 0 Å². The van der Waals surface area contributed by atoms with Gasteiger partial charge in [0, 0.05) is 5.41 Å². The molecule has 0 saturated heterocycles. The van der Waals surface area contributed by atoms with Gasteiger partial charge in [-0.25, -0.2) is 0 Å². The minimum Gasteiger partial charge on any atom is -0.496 e. The Hall–Kier alpha value is -3.67. The zero-order chi connectivity index (χ0) is 25.8. The smallest absolute Gasteiger partial charge is 0.308 e. The van der Waals surface area contributed by atoms with E-state index in [1.165, 1.54) is 0 Å². The number of carboxylic acids is 1. The zero-order valence-electron chi connectivity index (χ0n) is 21.5. The first-order valence-electron chi connectivity index (χ1n) is 11.4. The number of aryl methyl sites for hydroxylation is 2. The normalized spacial score (nSPS) is 12.1. The summed E-state index contributed by atoms with van der Waals surface area (Å²) in [4.78, 5) is 12.9. The van der Waals surface area contributed by atoms with E-state index in [9.17, 15) is 9.90 Å². The molecule has 0 heterocycles. The van der Waals surface area contributed by atoms with Crippen molar-refractivity contribution in [3.8, 4) is 23.0 Å². The van der Waals surface area contributed by atoms with E-state index < -0.39 is 17.3 Å². The molecule has 0 bridgehead atoms. The van der Waals surface area contributed by atoms with E-state index in [1.807, 2.05) is 69.3 Å². The summed E-state index contributed by atoms with van der Waals surface area (Å²) < 4.78 is 21.7. The molecule has 1 unspecified atom stereocenters. The molecule has 0 fully saturated rings. The maximum Gasteiger partial charge on any atom is 0.308 e. The average Bonchev–Trinajstić information content (AvgIpc) is 2.86. The van der Waals surface area contributed by atoms with Gasteiger partial charge in [0.2, 0.25) is 0 Å². The lowest BCUT2D eigenvalue weighted by atomic mass is 9.65. The molecule has 0 radical (unpaired) electrons. The molecule has 0 aliphatic rings. The molecule has 0 amide bonds. The van der Waals surface area contributed by atoms with E-state index in [1.54, 1.807) is 34.5 Å². The van der Waals surface area contributed by atoms with E-state index in [0.717, 1.165) is 39.3 Å². The van der Waals surface area contributed by atoms with E-state index in [-0.39, 0.29) is 0 Å². The highest BCUT2D eigenvalue weighted by Crippen LogP contribution is 2.44. The first-order chi connectivity index (χ1) is 16.7. The van der Waals surface area contributed by atoms with Gasteiger partial charge in [-0.3, -0.25) is 4.79 Å². The molecule has 0 aliphatic heterocycles. The van der Waals surface area contributed by atoms with Crippen molar-refractivity contribution >= 4 is 5.97 Å². The quantitative estimate of drug-likeness (QED) is 0.410. The minimum atomic E-state index is -0.885. The predicted molar refractivity (Wildman–Crippen MR) is 136 cm³/mol. The number of rotatable bonds is 10. The van der Waals surface area contributed by atoms with Gasteiger partial charge in [-0.2, -0.15) is 0 Å². The van der Waals surface area contributed by atoms with Crippen LogP contribution in [0.3, 0.4) is 0 Å². The number of methoxy groups -OCH3 is 4. The molecule has 3 aromatic carbocycles. The Kier molecular flexibility index (Phi) is 7.95. The molecule has 186 valence electrons. The SMILES string of the molecule is COc1ccc(C(C)(c2ccc(OC)c(C)c2)C(Cc2ccc(OC)c(OC)c2)C(=O)O)cc1C. The topological polar surface area (TPSA) is 74.2 Å². The molecule has 0 saturated carbocycles. The number of carbonyl (C=O) groups is 1. The fraction of sp³-hybridized carbons (Fsp3) is 0.345. The van der Waals surface area contributed by atoms with Crippen LogP contribution in [0.5, 0.6) is 23.0 Å². The van der Waals surface area contributed by atoms with Gasteiger partial charge in [-0.1, -0.05) is 37.3 Å². The standard InChI is InChI=1S/C29H34O6/c1-18-14-21(9-12-24(18)32-4)29(3,22-10-13-25(33-5)19(2)15-22)23(28(30)31)16-20-8-11-26(34-6)27(17-20)35-7/h8-15,17,23H,16H2,1-7H3,(H,30,31). The van der Waals surface area contributed by atoms with E-state index in [2.05, 4.69) is 0 Å². The molecule has 6 heteroatoms. The first kappa shape index (κ1) is 25.9. The molecule has 1 N–H and O–H groups in total. The molecule has 0 aromatic heterocycles. The number of benzene rings is 3. The van der Waals surface area contributed by atoms with Crippen LogP contribution in [0.4, 0.5) is 0 Å². The summed E-state index contributed by atoms with van der Waals surface area (Å²) in [6, 6.07) is 17.3. The van der Waals surface area contributed by atoms with Gasteiger partial charge < -0.3 is 24.1 Å². The molecule has 3 aromatic rings. The Morgan fingerprint density at radius 2 is 1.20 bits per heavy atom. The van der Waals surface area contributed by atoms with Crippen molar-refractivity contribution in [1.29, 1.82) is 0 Å².